The number of amides is 2. The predicted molar refractivity (Wildman–Crippen MR) is 112 cm³/mol. The summed E-state index contributed by atoms with van der Waals surface area (Å²) in [5.74, 6) is -0.976. The maximum absolute atomic E-state index is 14.9. The summed E-state index contributed by atoms with van der Waals surface area (Å²) in [6, 6.07) is 4.65. The van der Waals surface area contributed by atoms with Crippen LogP contribution < -0.4 is 21.3 Å². The highest BCUT2D eigenvalue weighted by Gasteiger charge is 2.25. The van der Waals surface area contributed by atoms with Crippen LogP contribution in [0.4, 0.5) is 15.1 Å². The van der Waals surface area contributed by atoms with Crippen LogP contribution in [0.15, 0.2) is 35.7 Å². The number of carbonyl (C=O) groups is 2. The van der Waals surface area contributed by atoms with Crippen molar-refractivity contribution in [3.8, 4) is 11.1 Å². The third-order valence-electron chi connectivity index (χ3n) is 4.32. The molecule has 0 atom stereocenters. The number of likely N-dealkylation sites (N-methyl/N-ethyl adjacent to an activating group) is 1. The quantitative estimate of drug-likeness (QED) is 0.269. The zero-order valence-corrected chi connectivity index (χ0v) is 17.1. The molecular weight excluding hydrogens is 423 g/mol. The topological polar surface area (TPSA) is 168 Å². The van der Waals surface area contributed by atoms with E-state index in [1.807, 2.05) is 10.2 Å². The first kappa shape index (κ1) is 22.4. The molecule has 32 heavy (non-hydrogen) atoms. The lowest BCUT2D eigenvalue weighted by Crippen LogP contribution is -2.48. The van der Waals surface area contributed by atoms with Crippen molar-refractivity contribution in [2.75, 3.05) is 31.6 Å². The molecule has 5 N–H and O–H groups in total. The lowest BCUT2D eigenvalue weighted by atomic mass is 10.1. The smallest absolute Gasteiger partial charge is 0.414 e. The predicted octanol–water partition coefficient (Wildman–Crippen LogP) is 0.341. The number of ether oxygens (including phenoxy) is 1. The molecule has 1 saturated heterocycles. The molecule has 0 unspecified atom stereocenters. The molecule has 0 aliphatic carbocycles. The molecule has 0 radical (unpaired) electrons. The summed E-state index contributed by atoms with van der Waals surface area (Å²) in [7, 11) is 1.51. The minimum Gasteiger partial charge on any atom is -0.444 e. The number of oxime groups is 1. The van der Waals surface area contributed by atoms with Gasteiger partial charge >= 0.3 is 6.09 Å². The van der Waals surface area contributed by atoms with E-state index in [9.17, 15) is 14.0 Å². The van der Waals surface area contributed by atoms with E-state index in [-0.39, 0.29) is 30.2 Å². The number of hydrogen-bond acceptors (Lipinski definition) is 9. The maximum Gasteiger partial charge on any atom is 0.414 e. The Morgan fingerprint density at radius 3 is 2.69 bits per heavy atom. The number of anilines is 1. The molecule has 2 amide bonds. The lowest BCUT2D eigenvalue weighted by molar-refractivity contribution is -0.125. The molecule has 0 bridgehead atoms. The van der Waals surface area contributed by atoms with Gasteiger partial charge in [0.1, 0.15) is 12.4 Å². The molecule has 0 spiro atoms. The van der Waals surface area contributed by atoms with Crippen molar-refractivity contribution in [1.29, 1.82) is 5.41 Å². The van der Waals surface area contributed by atoms with Crippen LogP contribution in [0.25, 0.3) is 11.1 Å². The Hall–Kier alpha value is -4.29. The van der Waals surface area contributed by atoms with E-state index in [0.717, 1.165) is 5.71 Å². The average Bonchev–Trinajstić information content (AvgIpc) is 2.74. The van der Waals surface area contributed by atoms with Gasteiger partial charge in [0.2, 0.25) is 5.95 Å². The number of guanidine groups is 1. The standard InChI is InChI=1S/C19H21FN8O4/c1-23-15(29)10-32-27-13-7-28(8-13)18-24-5-12(6-25-18)14-4-2-3-11(16(14)20)9-31-19(30)26-17(21)22/h2-6H,7-10H2,1H3,(H,23,29)(H4,21,22,26,30). The van der Waals surface area contributed by atoms with Gasteiger partial charge in [0.15, 0.2) is 12.6 Å². The first-order valence-corrected chi connectivity index (χ1v) is 9.38. The molecule has 1 aromatic heterocycles. The van der Waals surface area contributed by atoms with Crippen LogP contribution in [-0.4, -0.2) is 60.4 Å². The van der Waals surface area contributed by atoms with Crippen LogP contribution in [0, 0.1) is 11.2 Å². The highest BCUT2D eigenvalue weighted by Crippen LogP contribution is 2.25. The third-order valence-corrected chi connectivity index (χ3v) is 4.32. The summed E-state index contributed by atoms with van der Waals surface area (Å²) in [5, 5.41) is 15.2. The average molecular weight is 444 g/mol. The van der Waals surface area contributed by atoms with Gasteiger partial charge in [-0.1, -0.05) is 23.4 Å². The number of carbonyl (C=O) groups excluding carboxylic acids is 2. The summed E-state index contributed by atoms with van der Waals surface area (Å²) < 4.78 is 19.7. The molecule has 1 aliphatic heterocycles. The first-order chi connectivity index (χ1) is 15.4. The van der Waals surface area contributed by atoms with E-state index in [1.54, 1.807) is 12.1 Å². The largest absolute Gasteiger partial charge is 0.444 e. The molecule has 2 heterocycles. The number of alkyl carbamates (subject to hydrolysis) is 1. The van der Waals surface area contributed by atoms with E-state index in [4.69, 9.17) is 20.7 Å². The van der Waals surface area contributed by atoms with Crippen LogP contribution >= 0.6 is 0 Å². The lowest BCUT2D eigenvalue weighted by Gasteiger charge is -2.31. The van der Waals surface area contributed by atoms with Gasteiger partial charge in [-0.2, -0.15) is 0 Å². The Morgan fingerprint density at radius 1 is 1.31 bits per heavy atom. The molecule has 1 aromatic carbocycles. The Labute approximate surface area is 182 Å². The van der Waals surface area contributed by atoms with Gasteiger partial charge in [-0.15, -0.1) is 0 Å². The summed E-state index contributed by atoms with van der Waals surface area (Å²) in [5.41, 5.74) is 6.62. The Morgan fingerprint density at radius 2 is 2.03 bits per heavy atom. The van der Waals surface area contributed by atoms with Crippen molar-refractivity contribution >= 4 is 29.6 Å². The minimum atomic E-state index is -0.952. The Balaban J connectivity index is 1.59. The first-order valence-electron chi connectivity index (χ1n) is 9.38. The van der Waals surface area contributed by atoms with Crippen LogP contribution in [0.2, 0.25) is 0 Å². The number of aromatic nitrogens is 2. The van der Waals surface area contributed by atoms with Gasteiger partial charge < -0.3 is 25.5 Å². The van der Waals surface area contributed by atoms with Crippen LogP contribution in [0.5, 0.6) is 0 Å². The second-order valence-electron chi connectivity index (χ2n) is 6.63. The molecule has 1 aliphatic rings. The van der Waals surface area contributed by atoms with E-state index >= 15 is 0 Å². The zero-order chi connectivity index (χ0) is 23.1. The van der Waals surface area contributed by atoms with Crippen molar-refractivity contribution in [3.63, 3.8) is 0 Å². The number of halogens is 1. The van der Waals surface area contributed by atoms with E-state index in [1.165, 1.54) is 25.5 Å². The van der Waals surface area contributed by atoms with Crippen molar-refractivity contribution in [2.45, 2.75) is 6.61 Å². The Bertz CT molecular complexity index is 1040. The number of hydrogen-bond donors (Lipinski definition) is 4. The van der Waals surface area contributed by atoms with E-state index in [0.29, 0.717) is 24.6 Å². The molecular formula is C19H21FN8O4. The fourth-order valence-electron chi connectivity index (χ4n) is 2.67. The van der Waals surface area contributed by atoms with Crippen molar-refractivity contribution in [1.82, 2.24) is 20.6 Å². The molecule has 2 aromatic rings. The monoisotopic (exact) mass is 444 g/mol. The molecule has 3 rings (SSSR count). The minimum absolute atomic E-state index is 0.144. The number of benzene rings is 1. The highest BCUT2D eigenvalue weighted by molar-refractivity contribution is 5.98. The summed E-state index contributed by atoms with van der Waals surface area (Å²) >= 11 is 0. The van der Waals surface area contributed by atoms with Gasteiger partial charge in [-0.05, 0) is 0 Å². The van der Waals surface area contributed by atoms with Crippen molar-refractivity contribution in [2.24, 2.45) is 10.9 Å². The van der Waals surface area contributed by atoms with E-state index in [2.05, 4.69) is 20.4 Å². The van der Waals surface area contributed by atoms with Crippen LogP contribution in [-0.2, 0) is 21.0 Å². The van der Waals surface area contributed by atoms with Gasteiger partial charge in [0.05, 0.1) is 18.8 Å². The second kappa shape index (κ2) is 10.1. The fourth-order valence-corrected chi connectivity index (χ4v) is 2.67. The van der Waals surface area contributed by atoms with Gasteiger partial charge in [0.25, 0.3) is 5.91 Å². The fraction of sp³-hybridized carbons (Fsp3) is 0.263. The number of rotatable bonds is 7. The SMILES string of the molecule is CNC(=O)CON=C1CN(c2ncc(-c3cccc(COC(=O)NC(=N)N)c3F)cn2)C1. The Kier molecular flexibility index (Phi) is 7.10. The summed E-state index contributed by atoms with van der Waals surface area (Å²) in [6.07, 6.45) is 2.03. The van der Waals surface area contributed by atoms with Crippen molar-refractivity contribution < 1.29 is 23.6 Å². The van der Waals surface area contributed by atoms with E-state index < -0.39 is 17.9 Å². The van der Waals surface area contributed by atoms with Gasteiger partial charge in [-0.25, -0.2) is 19.2 Å². The normalized spacial score (nSPS) is 12.4. The molecule has 168 valence electrons. The maximum atomic E-state index is 14.9. The zero-order valence-electron chi connectivity index (χ0n) is 17.1. The number of nitrogens with one attached hydrogen (secondary N) is 3. The van der Waals surface area contributed by atoms with Crippen molar-refractivity contribution in [3.05, 3.63) is 42.0 Å². The molecule has 1 fully saturated rings. The third kappa shape index (κ3) is 5.65. The number of nitrogens with two attached hydrogens (primary N) is 1. The summed E-state index contributed by atoms with van der Waals surface area (Å²) in [4.78, 5) is 37.8. The highest BCUT2D eigenvalue weighted by atomic mass is 19.1. The second-order valence-corrected chi connectivity index (χ2v) is 6.63. The van der Waals surface area contributed by atoms with Crippen LogP contribution in [0.3, 0.4) is 0 Å². The molecule has 12 nitrogen and oxygen atoms in total. The van der Waals surface area contributed by atoms with Gasteiger partial charge in [-0.3, -0.25) is 15.5 Å². The number of nitrogens with zero attached hydrogens (tertiary/aromatic N) is 4. The molecule has 0 saturated carbocycles. The van der Waals surface area contributed by atoms with Crippen LogP contribution in [0.1, 0.15) is 5.56 Å². The van der Waals surface area contributed by atoms with Gasteiger partial charge in [0, 0.05) is 36.1 Å². The summed E-state index contributed by atoms with van der Waals surface area (Å²) in [6.45, 7) is 0.422. The molecule has 13 heteroatoms.